The maximum absolute atomic E-state index is 14.3. The number of carbonyl (C=O) groups is 1. The van der Waals surface area contributed by atoms with Gasteiger partial charge in [-0.2, -0.15) is 28.5 Å². The number of amides is 1. The Morgan fingerprint density at radius 1 is 1.06 bits per heavy atom. The Morgan fingerprint density at radius 3 is 2.26 bits per heavy atom. The molecule has 1 amide bonds. The lowest BCUT2D eigenvalue weighted by molar-refractivity contribution is -0.182. The van der Waals surface area contributed by atoms with Crippen LogP contribution in [0.1, 0.15) is 27.9 Å². The second-order valence-corrected chi connectivity index (χ2v) is 8.98. The van der Waals surface area contributed by atoms with E-state index in [-0.39, 0.29) is 28.6 Å². The Morgan fingerprint density at radius 2 is 1.69 bits per heavy atom. The smallest absolute Gasteiger partial charge is 0.349 e. The lowest BCUT2D eigenvalue weighted by atomic mass is 9.85. The van der Waals surface area contributed by atoms with E-state index in [0.29, 0.717) is 17.5 Å². The van der Waals surface area contributed by atoms with Gasteiger partial charge in [-0.1, -0.05) is 53.5 Å². The molecule has 2 N–H and O–H groups in total. The lowest BCUT2D eigenvalue weighted by Gasteiger charge is -2.29. The van der Waals surface area contributed by atoms with Crippen molar-refractivity contribution < 1.29 is 18.0 Å². The maximum Gasteiger partial charge on any atom is 0.428 e. The van der Waals surface area contributed by atoms with E-state index in [9.17, 15) is 18.0 Å². The minimum atomic E-state index is -5.01. The topological polar surface area (TPSA) is 82.5 Å². The zero-order valence-electron chi connectivity index (χ0n) is 18.5. The fourth-order valence-electron chi connectivity index (χ4n) is 3.82. The molecule has 1 aromatic heterocycles. The molecule has 35 heavy (non-hydrogen) atoms. The third-order valence-electron chi connectivity index (χ3n) is 5.84. The molecular weight excluding hydrogens is 502 g/mol. The van der Waals surface area contributed by atoms with Crippen LogP contribution in [0.3, 0.4) is 0 Å². The molecule has 2 heterocycles. The summed E-state index contributed by atoms with van der Waals surface area (Å²) in [5.41, 5.74) is 0.436. The van der Waals surface area contributed by atoms with Gasteiger partial charge in [-0.25, -0.2) is 0 Å². The van der Waals surface area contributed by atoms with E-state index >= 15 is 0 Å². The number of rotatable bonds is 7. The summed E-state index contributed by atoms with van der Waals surface area (Å²) in [5.74, 6) is -1.35. The van der Waals surface area contributed by atoms with Crippen molar-refractivity contribution in [3.8, 4) is 0 Å². The molecule has 0 aliphatic carbocycles. The van der Waals surface area contributed by atoms with Crippen LogP contribution in [0.5, 0.6) is 0 Å². The van der Waals surface area contributed by atoms with Crippen LogP contribution in [0.4, 0.5) is 13.2 Å². The number of hydrogen-bond donors (Lipinski definition) is 2. The highest BCUT2D eigenvalue weighted by Gasteiger charge is 2.65. The predicted octanol–water partition coefficient (Wildman–Crippen LogP) is 6.13. The fraction of sp³-hybridized carbons (Fsp3) is 0.250. The predicted molar refractivity (Wildman–Crippen MR) is 126 cm³/mol. The monoisotopic (exact) mass is 521 g/mol. The van der Waals surface area contributed by atoms with Crippen molar-refractivity contribution in [2.75, 3.05) is 0 Å². The molecule has 0 fully saturated rings. The van der Waals surface area contributed by atoms with Gasteiger partial charge in [0.15, 0.2) is 0 Å². The highest BCUT2D eigenvalue weighted by atomic mass is 35.5. The van der Waals surface area contributed by atoms with Gasteiger partial charge < -0.3 is 5.32 Å². The number of halogens is 5. The molecule has 1 aliphatic rings. The Hall–Kier alpha value is -3.17. The minimum Gasteiger partial charge on any atom is -0.349 e. The van der Waals surface area contributed by atoms with E-state index in [4.69, 9.17) is 23.2 Å². The van der Waals surface area contributed by atoms with E-state index in [0.717, 1.165) is 23.0 Å². The molecule has 6 nitrogen and oxygen atoms in total. The van der Waals surface area contributed by atoms with Crippen molar-refractivity contribution in [2.45, 2.75) is 38.0 Å². The fourth-order valence-corrected chi connectivity index (χ4v) is 4.36. The van der Waals surface area contributed by atoms with Crippen LogP contribution in [0.2, 0.25) is 10.0 Å². The van der Waals surface area contributed by atoms with Crippen molar-refractivity contribution in [1.82, 2.24) is 15.5 Å². The van der Waals surface area contributed by atoms with Crippen molar-refractivity contribution in [2.24, 2.45) is 10.2 Å². The van der Waals surface area contributed by atoms with Crippen molar-refractivity contribution in [3.63, 3.8) is 0 Å². The van der Waals surface area contributed by atoms with Gasteiger partial charge in [0.05, 0.1) is 12.4 Å². The molecule has 11 heteroatoms. The molecule has 4 rings (SSSR count). The van der Waals surface area contributed by atoms with Gasteiger partial charge in [0, 0.05) is 39.8 Å². The first-order valence-corrected chi connectivity index (χ1v) is 11.3. The van der Waals surface area contributed by atoms with Crippen LogP contribution in [0.15, 0.2) is 70.7 Å². The first-order valence-electron chi connectivity index (χ1n) is 10.6. The third-order valence-corrected chi connectivity index (χ3v) is 6.55. The summed E-state index contributed by atoms with van der Waals surface area (Å²) in [6.07, 6.45) is -1.83. The molecule has 2 aromatic carbocycles. The lowest BCUT2D eigenvalue weighted by Crippen LogP contribution is -2.56. The number of H-pyrrole nitrogens is 1. The van der Waals surface area contributed by atoms with Crippen molar-refractivity contribution in [1.29, 1.82) is 0 Å². The van der Waals surface area contributed by atoms with E-state index in [1.165, 1.54) is 12.1 Å². The number of azo groups is 1. The molecule has 0 bridgehead atoms. The summed E-state index contributed by atoms with van der Waals surface area (Å²) in [4.78, 5) is 13.0. The summed E-state index contributed by atoms with van der Waals surface area (Å²) < 4.78 is 42.9. The standard InChI is InChI=1S/C24H20Cl2F3N5O/c1-14-11-31-33-21(14)10-16-7-5-15(6-8-16)9-17-12-32-34-23(17,24(27,28)29)22(35)30-13-18-19(25)3-2-4-20(18)26/h2-8,11-12H,9-10,13H2,1H3,(H,30,35)(H,31,33). The van der Waals surface area contributed by atoms with Gasteiger partial charge >= 0.3 is 6.18 Å². The number of aromatic nitrogens is 2. The number of hydrogen-bond acceptors (Lipinski definition) is 4. The highest BCUT2D eigenvalue weighted by molar-refractivity contribution is 6.36. The molecular formula is C24H20Cl2F3N5O. The third kappa shape index (κ3) is 4.97. The van der Waals surface area contributed by atoms with Gasteiger partial charge in [0.2, 0.25) is 0 Å². The average Bonchev–Trinajstić information content (AvgIpc) is 3.41. The molecule has 0 spiro atoms. The normalized spacial score (nSPS) is 17.5. The molecule has 0 radical (unpaired) electrons. The van der Waals surface area contributed by atoms with E-state index in [2.05, 4.69) is 25.7 Å². The van der Waals surface area contributed by atoms with Crippen LogP contribution >= 0.6 is 23.2 Å². The number of aryl methyl sites for hydroxylation is 1. The minimum absolute atomic E-state index is 0.157. The molecule has 182 valence electrons. The van der Waals surface area contributed by atoms with E-state index in [1.54, 1.807) is 24.4 Å². The molecule has 3 aromatic rings. The maximum atomic E-state index is 14.3. The van der Waals surface area contributed by atoms with Crippen LogP contribution in [-0.2, 0) is 24.2 Å². The number of aromatic amines is 1. The second-order valence-electron chi connectivity index (χ2n) is 8.16. The summed E-state index contributed by atoms with van der Waals surface area (Å²) >= 11 is 12.2. The first-order chi connectivity index (χ1) is 16.6. The Bertz CT molecular complexity index is 1280. The van der Waals surface area contributed by atoms with Crippen LogP contribution in [0, 0.1) is 6.92 Å². The number of benzene rings is 2. The zero-order valence-corrected chi connectivity index (χ0v) is 20.0. The molecule has 1 atom stereocenters. The van der Waals surface area contributed by atoms with Crippen LogP contribution in [0.25, 0.3) is 0 Å². The summed E-state index contributed by atoms with van der Waals surface area (Å²) in [6.45, 7) is 1.65. The van der Waals surface area contributed by atoms with Gasteiger partial charge in [-0.05, 0) is 42.2 Å². The summed E-state index contributed by atoms with van der Waals surface area (Å²) in [6, 6.07) is 11.8. The Balaban J connectivity index is 1.53. The molecule has 0 saturated heterocycles. The SMILES string of the molecule is Cc1cn[nH]c1Cc1ccc(CC2=CN=NC2(C(=O)NCc2c(Cl)cccc2Cl)C(F)(F)F)cc1. The van der Waals surface area contributed by atoms with Gasteiger partial charge in [-0.15, -0.1) is 0 Å². The quantitative estimate of drug-likeness (QED) is 0.392. The van der Waals surface area contributed by atoms with E-state index < -0.39 is 17.6 Å². The summed E-state index contributed by atoms with van der Waals surface area (Å²) in [5, 5.41) is 16.5. The van der Waals surface area contributed by atoms with E-state index in [1.807, 2.05) is 19.1 Å². The molecule has 1 unspecified atom stereocenters. The van der Waals surface area contributed by atoms with Gasteiger partial charge in [0.25, 0.3) is 11.4 Å². The largest absolute Gasteiger partial charge is 0.428 e. The number of nitrogens with one attached hydrogen (secondary N) is 2. The molecule has 1 aliphatic heterocycles. The average molecular weight is 522 g/mol. The van der Waals surface area contributed by atoms with Crippen molar-refractivity contribution in [3.05, 3.63) is 98.4 Å². The number of alkyl halides is 3. The number of carbonyl (C=O) groups excluding carboxylic acids is 1. The van der Waals surface area contributed by atoms with Gasteiger partial charge in [0.1, 0.15) is 0 Å². The van der Waals surface area contributed by atoms with Crippen molar-refractivity contribution >= 4 is 29.1 Å². The zero-order chi connectivity index (χ0) is 25.2. The number of nitrogens with zero attached hydrogens (tertiary/aromatic N) is 3. The Kier molecular flexibility index (Phi) is 7.00. The van der Waals surface area contributed by atoms with Gasteiger partial charge in [-0.3, -0.25) is 9.89 Å². The molecule has 0 saturated carbocycles. The second kappa shape index (κ2) is 9.83. The first kappa shape index (κ1) is 24.9. The highest BCUT2D eigenvalue weighted by Crippen LogP contribution is 2.44. The Labute approximate surface area is 209 Å². The van der Waals surface area contributed by atoms with Crippen LogP contribution < -0.4 is 5.32 Å². The summed E-state index contributed by atoms with van der Waals surface area (Å²) in [7, 11) is 0. The van der Waals surface area contributed by atoms with Crippen LogP contribution in [-0.4, -0.2) is 27.8 Å².